The molecule has 6 aliphatic rings. The first-order valence-electron chi connectivity index (χ1n) is 20.1. The van der Waals surface area contributed by atoms with Gasteiger partial charge in [-0.25, -0.2) is 9.97 Å². The highest BCUT2D eigenvalue weighted by molar-refractivity contribution is 6.09. The van der Waals surface area contributed by atoms with Crippen molar-refractivity contribution in [2.75, 3.05) is 36.4 Å². The van der Waals surface area contributed by atoms with Crippen LogP contribution in [-0.4, -0.2) is 91.5 Å². The quantitative estimate of drug-likeness (QED) is 0.277. The lowest BCUT2D eigenvalue weighted by Gasteiger charge is -2.48. The van der Waals surface area contributed by atoms with Crippen LogP contribution in [0.25, 0.3) is 22.3 Å². The number of anilines is 2. The van der Waals surface area contributed by atoms with Crippen molar-refractivity contribution in [2.24, 2.45) is 11.8 Å². The summed E-state index contributed by atoms with van der Waals surface area (Å²) in [6, 6.07) is 10.0. The van der Waals surface area contributed by atoms with Gasteiger partial charge in [0.2, 0.25) is 11.8 Å². The number of benzene rings is 1. The van der Waals surface area contributed by atoms with Crippen LogP contribution in [0.3, 0.4) is 0 Å². The van der Waals surface area contributed by atoms with E-state index in [0.29, 0.717) is 63.7 Å². The van der Waals surface area contributed by atoms with E-state index in [9.17, 15) is 19.5 Å². The highest BCUT2D eigenvalue weighted by Crippen LogP contribution is 2.52. The van der Waals surface area contributed by atoms with E-state index in [4.69, 9.17) is 9.97 Å². The van der Waals surface area contributed by atoms with Gasteiger partial charge in [-0.3, -0.25) is 14.4 Å². The number of carbonyl (C=O) groups excluding carboxylic acids is 2. The van der Waals surface area contributed by atoms with Crippen molar-refractivity contribution in [3.05, 3.63) is 36.2 Å². The number of amides is 2. The van der Waals surface area contributed by atoms with Crippen molar-refractivity contribution in [3.63, 3.8) is 0 Å². The Bertz CT molecular complexity index is 1870. The lowest BCUT2D eigenvalue weighted by molar-refractivity contribution is -0.146. The summed E-state index contributed by atoms with van der Waals surface area (Å²) in [5.41, 5.74) is 5.28. The van der Waals surface area contributed by atoms with Crippen LogP contribution in [0.2, 0.25) is 0 Å². The van der Waals surface area contributed by atoms with E-state index < -0.39 is 11.4 Å². The summed E-state index contributed by atoms with van der Waals surface area (Å²) in [5, 5.41) is 13.1. The Balaban J connectivity index is 1.02. The molecule has 2 N–H and O–H groups in total. The van der Waals surface area contributed by atoms with Gasteiger partial charge in [0.1, 0.15) is 5.52 Å². The Morgan fingerprint density at radius 2 is 1.62 bits per heavy atom. The largest absolute Gasteiger partial charge is 0.481 e. The van der Waals surface area contributed by atoms with Crippen molar-refractivity contribution < 1.29 is 19.5 Å². The van der Waals surface area contributed by atoms with Gasteiger partial charge in [-0.15, -0.1) is 0 Å². The molecule has 0 unspecified atom stereocenters. The van der Waals surface area contributed by atoms with E-state index in [-0.39, 0.29) is 35.7 Å². The molecule has 1 spiro atoms. The number of imidazole rings is 1. The molecule has 3 aliphatic heterocycles. The third-order valence-electron chi connectivity index (χ3n) is 13.4. The van der Waals surface area contributed by atoms with E-state index in [0.717, 1.165) is 78.1 Å². The average molecular weight is 708 g/mol. The zero-order valence-corrected chi connectivity index (χ0v) is 30.7. The van der Waals surface area contributed by atoms with E-state index in [1.165, 1.54) is 19.3 Å². The Morgan fingerprint density at radius 3 is 2.29 bits per heavy atom. The molecular formula is C41H53N7O4. The fourth-order valence-corrected chi connectivity index (χ4v) is 10.0. The van der Waals surface area contributed by atoms with Gasteiger partial charge in [-0.1, -0.05) is 18.6 Å². The third kappa shape index (κ3) is 5.78. The van der Waals surface area contributed by atoms with Crippen LogP contribution in [0.5, 0.6) is 0 Å². The molecule has 1 aromatic carbocycles. The van der Waals surface area contributed by atoms with Crippen molar-refractivity contribution in [1.82, 2.24) is 24.3 Å². The normalized spacial score (nSPS) is 27.6. The third-order valence-corrected chi connectivity index (χ3v) is 13.4. The SMILES string of the molecule is CC(C)n1cnc2cc(-c3ccc4c(c3)N([C@H]3C[C@@H](N5CCCCC5)C3)C(=O)C43CCN(C(=O)[C@H]4CC[C@@H](C(=O)O)CC4)CC3)nc(NC3CC3)c21. The number of fused-ring (bicyclic) bond motifs is 3. The molecule has 5 heterocycles. The molecule has 9 rings (SSSR count). The molecule has 0 atom stereocenters. The molecule has 11 heteroatoms. The predicted molar refractivity (Wildman–Crippen MR) is 200 cm³/mol. The number of nitrogens with zero attached hydrogens (tertiary/aromatic N) is 6. The molecule has 3 aliphatic carbocycles. The highest BCUT2D eigenvalue weighted by atomic mass is 16.4. The number of hydrogen-bond donors (Lipinski definition) is 2. The van der Waals surface area contributed by atoms with Gasteiger partial charge in [-0.2, -0.15) is 0 Å². The number of carboxylic acid groups (broad SMARTS) is 1. The van der Waals surface area contributed by atoms with Crippen molar-refractivity contribution in [1.29, 1.82) is 0 Å². The maximum atomic E-state index is 14.9. The van der Waals surface area contributed by atoms with Crippen molar-refractivity contribution in [3.8, 4) is 11.3 Å². The van der Waals surface area contributed by atoms with Crippen LogP contribution in [0.15, 0.2) is 30.6 Å². The number of carbonyl (C=O) groups is 3. The molecule has 276 valence electrons. The predicted octanol–water partition coefficient (Wildman–Crippen LogP) is 6.37. The fraction of sp³-hybridized carbons (Fsp3) is 0.634. The second-order valence-electron chi connectivity index (χ2n) is 17.0. The Kier molecular flexibility index (Phi) is 8.55. The van der Waals surface area contributed by atoms with Crippen molar-refractivity contribution in [2.45, 2.75) is 127 Å². The van der Waals surface area contributed by atoms with Gasteiger partial charge >= 0.3 is 5.97 Å². The zero-order valence-electron chi connectivity index (χ0n) is 30.7. The van der Waals surface area contributed by atoms with Crippen LogP contribution >= 0.6 is 0 Å². The minimum Gasteiger partial charge on any atom is -0.481 e. The number of rotatable bonds is 8. The number of pyridine rings is 1. The van der Waals surface area contributed by atoms with Gasteiger partial charge < -0.3 is 29.7 Å². The molecule has 0 radical (unpaired) electrons. The van der Waals surface area contributed by atoms with Gasteiger partial charge in [-0.05, 0) is 122 Å². The molecule has 5 fully saturated rings. The first-order valence-corrected chi connectivity index (χ1v) is 20.1. The average Bonchev–Trinajstić information content (AvgIpc) is 3.80. The molecular weight excluding hydrogens is 654 g/mol. The monoisotopic (exact) mass is 707 g/mol. The molecule has 3 saturated carbocycles. The summed E-state index contributed by atoms with van der Waals surface area (Å²) in [7, 11) is 0. The molecule has 0 bridgehead atoms. The standard InChI is InChI=1S/C41H53N7O4/c1-25(2)47-24-42-34-23-33(44-37(36(34)47)43-29-11-12-29)28-10-13-32-35(20-28)48(31-21-30(22-31)45-16-4-3-5-17-45)40(52)41(32)14-18-46(19-15-41)38(49)26-6-8-27(9-7-26)39(50)51/h10,13,20,23-27,29-31H,3-9,11-12,14-19,21-22H2,1-2H3,(H,43,44)(H,50,51)/t26-,27+,30-,31+. The summed E-state index contributed by atoms with van der Waals surface area (Å²) < 4.78 is 2.19. The minimum absolute atomic E-state index is 0.118. The highest BCUT2D eigenvalue weighted by Gasteiger charge is 2.56. The Morgan fingerprint density at radius 1 is 0.904 bits per heavy atom. The number of carboxylic acids is 1. The zero-order chi connectivity index (χ0) is 35.7. The second-order valence-corrected chi connectivity index (χ2v) is 17.0. The Hall–Kier alpha value is -3.99. The number of nitrogens with one attached hydrogen (secondary N) is 1. The van der Waals surface area contributed by atoms with Gasteiger partial charge in [0.15, 0.2) is 5.82 Å². The second kappa shape index (κ2) is 13.1. The summed E-state index contributed by atoms with van der Waals surface area (Å²) >= 11 is 0. The number of hydrogen-bond acceptors (Lipinski definition) is 7. The number of piperidine rings is 2. The summed E-state index contributed by atoms with van der Waals surface area (Å²) in [5.74, 6) is 0.00632. The Labute approximate surface area is 306 Å². The lowest BCUT2D eigenvalue weighted by atomic mass is 9.73. The number of aromatic nitrogens is 3. The number of aliphatic carboxylic acids is 1. The first-order chi connectivity index (χ1) is 25.2. The van der Waals surface area contributed by atoms with Crippen LogP contribution in [-0.2, 0) is 19.8 Å². The number of likely N-dealkylation sites (tertiary alicyclic amines) is 2. The van der Waals surface area contributed by atoms with Gasteiger partial charge in [0.25, 0.3) is 0 Å². The van der Waals surface area contributed by atoms with E-state index in [1.54, 1.807) is 0 Å². The molecule has 11 nitrogen and oxygen atoms in total. The molecule has 2 saturated heterocycles. The molecule has 2 aromatic heterocycles. The molecule has 2 amide bonds. The van der Waals surface area contributed by atoms with Crippen LogP contribution in [0.4, 0.5) is 11.5 Å². The molecule has 3 aromatic rings. The molecule has 52 heavy (non-hydrogen) atoms. The maximum Gasteiger partial charge on any atom is 0.306 e. The maximum absolute atomic E-state index is 14.9. The van der Waals surface area contributed by atoms with Gasteiger partial charge in [0.05, 0.1) is 28.9 Å². The first kappa shape index (κ1) is 33.8. The summed E-state index contributed by atoms with van der Waals surface area (Å²) in [6.45, 7) is 7.76. The van der Waals surface area contributed by atoms with Crippen molar-refractivity contribution >= 4 is 40.3 Å². The van der Waals surface area contributed by atoms with E-state index in [2.05, 4.69) is 57.8 Å². The lowest BCUT2D eigenvalue weighted by Crippen LogP contribution is -2.58. The van der Waals surface area contributed by atoms with Crippen LogP contribution < -0.4 is 10.2 Å². The topological polar surface area (TPSA) is 124 Å². The van der Waals surface area contributed by atoms with E-state index >= 15 is 0 Å². The fourth-order valence-electron chi connectivity index (χ4n) is 10.0. The minimum atomic E-state index is -0.751. The summed E-state index contributed by atoms with van der Waals surface area (Å²) in [6.07, 6.45) is 13.7. The van der Waals surface area contributed by atoms with Gasteiger partial charge in [0, 0.05) is 54.4 Å². The van der Waals surface area contributed by atoms with E-state index in [1.807, 2.05) is 11.2 Å². The summed E-state index contributed by atoms with van der Waals surface area (Å²) in [4.78, 5) is 56.9. The van der Waals surface area contributed by atoms with Crippen LogP contribution in [0.1, 0.15) is 109 Å². The smallest absolute Gasteiger partial charge is 0.306 e. The van der Waals surface area contributed by atoms with Crippen LogP contribution in [0, 0.1) is 11.8 Å².